The molecule has 0 radical (unpaired) electrons. The van der Waals surface area contributed by atoms with Crippen LogP contribution in [0.4, 0.5) is 5.82 Å². The molecule has 5 nitrogen and oxygen atoms in total. The van der Waals surface area contributed by atoms with Crippen LogP contribution in [-0.4, -0.2) is 44.2 Å². The van der Waals surface area contributed by atoms with Crippen LogP contribution in [0.1, 0.15) is 5.82 Å². The summed E-state index contributed by atoms with van der Waals surface area (Å²) in [5, 5.41) is 7.97. The van der Waals surface area contributed by atoms with E-state index in [2.05, 4.69) is 20.1 Å². The Kier molecular flexibility index (Phi) is 2.43. The van der Waals surface area contributed by atoms with Crippen LogP contribution in [0.3, 0.4) is 0 Å². The van der Waals surface area contributed by atoms with Gasteiger partial charge in [-0.1, -0.05) is 0 Å². The molecule has 2 aromatic rings. The summed E-state index contributed by atoms with van der Waals surface area (Å²) in [5.74, 6) is 4.33. The number of hydrogen-bond donors (Lipinski definition) is 0. The van der Waals surface area contributed by atoms with Crippen LogP contribution in [0.5, 0.6) is 0 Å². The predicted molar refractivity (Wildman–Crippen MR) is 65.1 cm³/mol. The molecule has 0 amide bonds. The van der Waals surface area contributed by atoms with E-state index in [9.17, 15) is 0 Å². The summed E-state index contributed by atoms with van der Waals surface area (Å²) in [6.07, 6.45) is 1.70. The number of thioether (sulfide) groups is 1. The second kappa shape index (κ2) is 3.93. The van der Waals surface area contributed by atoms with E-state index in [1.54, 1.807) is 6.33 Å². The van der Waals surface area contributed by atoms with E-state index >= 15 is 0 Å². The van der Waals surface area contributed by atoms with E-state index in [1.165, 1.54) is 11.5 Å². The lowest BCUT2D eigenvalue weighted by molar-refractivity contribution is 0.824. The second-order valence-electron chi connectivity index (χ2n) is 3.82. The molecule has 0 saturated carbocycles. The summed E-state index contributed by atoms with van der Waals surface area (Å²) in [6, 6.07) is 2.01. The highest BCUT2D eigenvalue weighted by Crippen LogP contribution is 2.18. The van der Waals surface area contributed by atoms with E-state index in [4.69, 9.17) is 0 Å². The Balaban J connectivity index is 2.02. The SMILES string of the molecule is Cc1nc(N2CCSCC2)cc2nncn12. The number of hydrogen-bond acceptors (Lipinski definition) is 5. The number of fused-ring (bicyclic) bond motifs is 1. The van der Waals surface area contributed by atoms with Crippen molar-refractivity contribution in [3.8, 4) is 0 Å². The molecule has 0 unspecified atom stereocenters. The van der Waals surface area contributed by atoms with Gasteiger partial charge >= 0.3 is 0 Å². The Labute approximate surface area is 97.9 Å². The summed E-state index contributed by atoms with van der Waals surface area (Å²) < 4.78 is 1.90. The highest BCUT2D eigenvalue weighted by molar-refractivity contribution is 7.99. The zero-order valence-electron chi connectivity index (χ0n) is 9.13. The Morgan fingerprint density at radius 3 is 2.94 bits per heavy atom. The lowest BCUT2D eigenvalue weighted by atomic mass is 10.4. The van der Waals surface area contributed by atoms with Crippen LogP contribution in [0.25, 0.3) is 5.65 Å². The maximum atomic E-state index is 4.60. The first-order chi connectivity index (χ1) is 7.84. The standard InChI is InChI=1S/C10H13N5S/c1-8-12-9(14-2-4-16-5-3-14)6-10-13-11-7-15(8)10/h6-7H,2-5H2,1H3. The molecule has 0 aliphatic carbocycles. The third-order valence-electron chi connectivity index (χ3n) is 2.79. The lowest BCUT2D eigenvalue weighted by Crippen LogP contribution is -2.33. The van der Waals surface area contributed by atoms with E-state index in [-0.39, 0.29) is 0 Å². The minimum atomic E-state index is 0.876. The smallest absolute Gasteiger partial charge is 0.165 e. The maximum Gasteiger partial charge on any atom is 0.165 e. The van der Waals surface area contributed by atoms with Gasteiger partial charge in [-0.2, -0.15) is 11.8 Å². The van der Waals surface area contributed by atoms with Gasteiger partial charge in [0.2, 0.25) is 0 Å². The molecule has 3 rings (SSSR count). The van der Waals surface area contributed by atoms with Crippen molar-refractivity contribution in [2.45, 2.75) is 6.92 Å². The van der Waals surface area contributed by atoms with Crippen LogP contribution in [0, 0.1) is 6.92 Å². The maximum absolute atomic E-state index is 4.60. The first-order valence-electron chi connectivity index (χ1n) is 5.35. The molecule has 1 fully saturated rings. The van der Waals surface area contributed by atoms with Gasteiger partial charge in [0.1, 0.15) is 18.0 Å². The molecule has 3 heterocycles. The van der Waals surface area contributed by atoms with Gasteiger partial charge in [0, 0.05) is 30.7 Å². The third-order valence-corrected chi connectivity index (χ3v) is 3.73. The molecule has 1 saturated heterocycles. The van der Waals surface area contributed by atoms with Gasteiger partial charge in [0.25, 0.3) is 0 Å². The molecule has 0 aromatic carbocycles. The highest BCUT2D eigenvalue weighted by atomic mass is 32.2. The van der Waals surface area contributed by atoms with Crippen LogP contribution in [0.15, 0.2) is 12.4 Å². The van der Waals surface area contributed by atoms with Crippen molar-refractivity contribution in [2.24, 2.45) is 0 Å². The average molecular weight is 235 g/mol. The summed E-state index contributed by atoms with van der Waals surface area (Å²) in [4.78, 5) is 6.91. The monoisotopic (exact) mass is 235 g/mol. The topological polar surface area (TPSA) is 46.3 Å². The van der Waals surface area contributed by atoms with Crippen molar-refractivity contribution in [1.82, 2.24) is 19.6 Å². The normalized spacial score (nSPS) is 16.9. The molecule has 0 N–H and O–H groups in total. The fourth-order valence-corrected chi connectivity index (χ4v) is 2.82. The first-order valence-corrected chi connectivity index (χ1v) is 6.50. The zero-order valence-corrected chi connectivity index (χ0v) is 9.94. The third kappa shape index (κ3) is 1.63. The molecule has 0 atom stereocenters. The fourth-order valence-electron chi connectivity index (χ4n) is 1.91. The van der Waals surface area contributed by atoms with E-state index in [0.29, 0.717) is 0 Å². The van der Waals surface area contributed by atoms with Crippen LogP contribution in [-0.2, 0) is 0 Å². The first kappa shape index (κ1) is 9.89. The van der Waals surface area contributed by atoms with Gasteiger partial charge < -0.3 is 4.90 Å². The van der Waals surface area contributed by atoms with E-state index in [0.717, 1.165) is 30.4 Å². The van der Waals surface area contributed by atoms with Gasteiger partial charge in [-0.05, 0) is 6.92 Å². The molecule has 2 aromatic heterocycles. The van der Waals surface area contributed by atoms with Crippen LogP contribution < -0.4 is 4.90 Å². The highest BCUT2D eigenvalue weighted by Gasteiger charge is 2.14. The predicted octanol–water partition coefficient (Wildman–Crippen LogP) is 0.986. The zero-order chi connectivity index (χ0) is 11.0. The molecule has 0 spiro atoms. The Morgan fingerprint density at radius 2 is 2.12 bits per heavy atom. The van der Waals surface area contributed by atoms with Gasteiger partial charge in [0.15, 0.2) is 5.65 Å². The van der Waals surface area contributed by atoms with Gasteiger partial charge in [-0.25, -0.2) is 4.98 Å². The Morgan fingerprint density at radius 1 is 1.31 bits per heavy atom. The van der Waals surface area contributed by atoms with Crippen molar-refractivity contribution in [1.29, 1.82) is 0 Å². The second-order valence-corrected chi connectivity index (χ2v) is 5.04. The van der Waals surface area contributed by atoms with Crippen molar-refractivity contribution < 1.29 is 0 Å². The summed E-state index contributed by atoms with van der Waals surface area (Å²) in [5.41, 5.74) is 0.876. The molecule has 1 aliphatic heterocycles. The minimum absolute atomic E-state index is 0.876. The molecule has 6 heteroatoms. The van der Waals surface area contributed by atoms with Gasteiger partial charge in [-0.3, -0.25) is 4.40 Å². The molecular weight excluding hydrogens is 222 g/mol. The minimum Gasteiger partial charge on any atom is -0.355 e. The number of aromatic nitrogens is 4. The molecule has 16 heavy (non-hydrogen) atoms. The number of aryl methyl sites for hydroxylation is 1. The summed E-state index contributed by atoms with van der Waals surface area (Å²) in [6.45, 7) is 4.13. The summed E-state index contributed by atoms with van der Waals surface area (Å²) >= 11 is 2.00. The van der Waals surface area contributed by atoms with Crippen molar-refractivity contribution in [3.63, 3.8) is 0 Å². The lowest BCUT2D eigenvalue weighted by Gasteiger charge is -2.27. The number of nitrogens with zero attached hydrogens (tertiary/aromatic N) is 5. The molecular formula is C10H13N5S. The van der Waals surface area contributed by atoms with Crippen molar-refractivity contribution in [2.75, 3.05) is 29.5 Å². The average Bonchev–Trinajstić information content (AvgIpc) is 2.79. The Bertz CT molecular complexity index is 503. The molecule has 0 bridgehead atoms. The molecule has 1 aliphatic rings. The quantitative estimate of drug-likeness (QED) is 0.737. The van der Waals surface area contributed by atoms with Gasteiger partial charge in [0.05, 0.1) is 0 Å². The van der Waals surface area contributed by atoms with Crippen LogP contribution in [0.2, 0.25) is 0 Å². The molecule has 84 valence electrons. The Hall–Kier alpha value is -1.30. The van der Waals surface area contributed by atoms with E-state index in [1.807, 2.05) is 29.2 Å². The fraction of sp³-hybridized carbons (Fsp3) is 0.500. The number of anilines is 1. The van der Waals surface area contributed by atoms with Crippen molar-refractivity contribution in [3.05, 3.63) is 18.2 Å². The summed E-state index contributed by atoms with van der Waals surface area (Å²) in [7, 11) is 0. The van der Waals surface area contributed by atoms with Crippen molar-refractivity contribution >= 4 is 23.2 Å². The van der Waals surface area contributed by atoms with Gasteiger partial charge in [-0.15, -0.1) is 10.2 Å². The largest absolute Gasteiger partial charge is 0.355 e. The van der Waals surface area contributed by atoms with Crippen LogP contribution >= 0.6 is 11.8 Å². The van der Waals surface area contributed by atoms with E-state index < -0.39 is 0 Å². The number of rotatable bonds is 1.